The van der Waals surface area contributed by atoms with Gasteiger partial charge in [-0.2, -0.15) is 0 Å². The summed E-state index contributed by atoms with van der Waals surface area (Å²) >= 11 is 0. The SMILES string of the molecule is CCC(C(=O)NN)N(C)C1CCOC1C. The lowest BCUT2D eigenvalue weighted by Crippen LogP contribution is -2.52. The van der Waals surface area contributed by atoms with Crippen LogP contribution in [0.5, 0.6) is 0 Å². The molecule has 1 heterocycles. The molecule has 1 rings (SSSR count). The van der Waals surface area contributed by atoms with E-state index in [0.717, 1.165) is 19.4 Å². The maximum absolute atomic E-state index is 11.5. The number of hydrogen-bond donors (Lipinski definition) is 2. The van der Waals surface area contributed by atoms with Crippen molar-refractivity contribution in [1.82, 2.24) is 10.3 Å². The Morgan fingerprint density at radius 3 is 2.80 bits per heavy atom. The van der Waals surface area contributed by atoms with Crippen molar-refractivity contribution >= 4 is 5.91 Å². The van der Waals surface area contributed by atoms with Crippen LogP contribution in [0.4, 0.5) is 0 Å². The van der Waals surface area contributed by atoms with Crippen LogP contribution in [0.1, 0.15) is 26.7 Å². The molecule has 0 bridgehead atoms. The number of likely N-dealkylation sites (N-methyl/N-ethyl adjacent to an activating group) is 1. The van der Waals surface area contributed by atoms with Crippen LogP contribution >= 0.6 is 0 Å². The molecule has 15 heavy (non-hydrogen) atoms. The zero-order chi connectivity index (χ0) is 11.4. The van der Waals surface area contributed by atoms with E-state index < -0.39 is 0 Å². The third-order valence-corrected chi connectivity index (χ3v) is 3.18. The second-order valence-corrected chi connectivity index (χ2v) is 4.03. The number of carbonyl (C=O) groups excluding carboxylic acids is 1. The van der Waals surface area contributed by atoms with E-state index in [0.29, 0.717) is 6.04 Å². The molecule has 1 amide bonds. The van der Waals surface area contributed by atoms with E-state index in [9.17, 15) is 4.79 Å². The predicted molar refractivity (Wildman–Crippen MR) is 58.0 cm³/mol. The van der Waals surface area contributed by atoms with Crippen LogP contribution < -0.4 is 11.3 Å². The van der Waals surface area contributed by atoms with Gasteiger partial charge in [-0.3, -0.25) is 15.1 Å². The van der Waals surface area contributed by atoms with E-state index >= 15 is 0 Å². The monoisotopic (exact) mass is 215 g/mol. The average Bonchev–Trinajstić information content (AvgIpc) is 2.65. The molecule has 0 spiro atoms. The first kappa shape index (κ1) is 12.4. The van der Waals surface area contributed by atoms with Gasteiger partial charge in [0.2, 0.25) is 0 Å². The Morgan fingerprint density at radius 2 is 2.40 bits per heavy atom. The molecule has 1 aliphatic rings. The highest BCUT2D eigenvalue weighted by Gasteiger charge is 2.33. The smallest absolute Gasteiger partial charge is 0.251 e. The van der Waals surface area contributed by atoms with Gasteiger partial charge in [-0.25, -0.2) is 5.84 Å². The standard InChI is InChI=1S/C10H21N3O2/c1-4-8(10(14)12-11)13(3)9-5-6-15-7(9)2/h7-9H,4-6,11H2,1-3H3,(H,12,14). The van der Waals surface area contributed by atoms with Crippen molar-refractivity contribution in [2.24, 2.45) is 5.84 Å². The van der Waals surface area contributed by atoms with Crippen molar-refractivity contribution in [3.63, 3.8) is 0 Å². The fourth-order valence-electron chi connectivity index (χ4n) is 2.24. The summed E-state index contributed by atoms with van der Waals surface area (Å²) in [5.74, 6) is 5.04. The third kappa shape index (κ3) is 2.68. The number of nitrogens with one attached hydrogen (secondary N) is 1. The minimum Gasteiger partial charge on any atom is -0.377 e. The van der Waals surface area contributed by atoms with Crippen molar-refractivity contribution in [3.05, 3.63) is 0 Å². The maximum Gasteiger partial charge on any atom is 0.251 e. The van der Waals surface area contributed by atoms with Crippen LogP contribution in [0.3, 0.4) is 0 Å². The molecule has 0 radical (unpaired) electrons. The van der Waals surface area contributed by atoms with E-state index in [2.05, 4.69) is 10.3 Å². The number of ether oxygens (including phenoxy) is 1. The number of hydrogen-bond acceptors (Lipinski definition) is 4. The quantitative estimate of drug-likeness (QED) is 0.389. The van der Waals surface area contributed by atoms with Crippen LogP contribution in [0.15, 0.2) is 0 Å². The van der Waals surface area contributed by atoms with Gasteiger partial charge in [0.15, 0.2) is 0 Å². The van der Waals surface area contributed by atoms with E-state index in [1.165, 1.54) is 0 Å². The Morgan fingerprint density at radius 1 is 1.73 bits per heavy atom. The van der Waals surface area contributed by atoms with Gasteiger partial charge in [0, 0.05) is 12.6 Å². The van der Waals surface area contributed by atoms with Crippen LogP contribution in [0.25, 0.3) is 0 Å². The molecule has 3 N–H and O–H groups in total. The minimum absolute atomic E-state index is 0.126. The molecule has 0 aromatic heterocycles. The van der Waals surface area contributed by atoms with Gasteiger partial charge < -0.3 is 4.74 Å². The zero-order valence-electron chi connectivity index (χ0n) is 9.69. The lowest BCUT2D eigenvalue weighted by molar-refractivity contribution is -0.127. The van der Waals surface area contributed by atoms with E-state index in [4.69, 9.17) is 10.6 Å². The summed E-state index contributed by atoms with van der Waals surface area (Å²) in [6, 6.07) is 0.149. The molecular weight excluding hydrogens is 194 g/mol. The molecule has 5 heteroatoms. The molecule has 5 nitrogen and oxygen atoms in total. The van der Waals surface area contributed by atoms with E-state index in [-0.39, 0.29) is 18.1 Å². The molecule has 1 fully saturated rings. The fourth-order valence-corrected chi connectivity index (χ4v) is 2.24. The van der Waals surface area contributed by atoms with Gasteiger partial charge in [-0.05, 0) is 26.8 Å². The van der Waals surface area contributed by atoms with Gasteiger partial charge >= 0.3 is 0 Å². The highest BCUT2D eigenvalue weighted by Crippen LogP contribution is 2.21. The number of hydrazine groups is 1. The number of nitrogens with zero attached hydrogens (tertiary/aromatic N) is 1. The summed E-state index contributed by atoms with van der Waals surface area (Å²) in [6.07, 6.45) is 1.92. The van der Waals surface area contributed by atoms with Crippen LogP contribution in [-0.4, -0.2) is 42.6 Å². The Balaban J connectivity index is 2.63. The summed E-state index contributed by atoms with van der Waals surface area (Å²) < 4.78 is 5.49. The molecule has 1 aliphatic heterocycles. The zero-order valence-corrected chi connectivity index (χ0v) is 9.69. The molecule has 0 aliphatic carbocycles. The molecule has 3 atom stereocenters. The fraction of sp³-hybridized carbons (Fsp3) is 0.900. The maximum atomic E-state index is 11.5. The number of rotatable bonds is 4. The molecule has 0 aromatic carbocycles. The molecule has 88 valence electrons. The molecule has 0 saturated carbocycles. The lowest BCUT2D eigenvalue weighted by atomic mass is 10.1. The Hall–Kier alpha value is -0.650. The van der Waals surface area contributed by atoms with Crippen molar-refractivity contribution in [1.29, 1.82) is 0 Å². The Labute approximate surface area is 90.9 Å². The van der Waals surface area contributed by atoms with Crippen LogP contribution in [0, 0.1) is 0 Å². The van der Waals surface area contributed by atoms with E-state index in [1.807, 2.05) is 20.9 Å². The molecule has 3 unspecified atom stereocenters. The largest absolute Gasteiger partial charge is 0.377 e. The first-order valence-electron chi connectivity index (χ1n) is 5.45. The molecule has 0 aromatic rings. The number of carbonyl (C=O) groups is 1. The van der Waals surface area contributed by atoms with Crippen LogP contribution in [0.2, 0.25) is 0 Å². The lowest BCUT2D eigenvalue weighted by Gasteiger charge is -2.32. The first-order valence-corrected chi connectivity index (χ1v) is 5.45. The number of nitrogens with two attached hydrogens (primary N) is 1. The second-order valence-electron chi connectivity index (χ2n) is 4.03. The first-order chi connectivity index (χ1) is 7.11. The topological polar surface area (TPSA) is 67.6 Å². The Kier molecular flexibility index (Phi) is 4.50. The van der Waals surface area contributed by atoms with Gasteiger partial charge in [0.05, 0.1) is 12.1 Å². The number of amides is 1. The predicted octanol–water partition coefficient (Wildman–Crippen LogP) is -0.136. The van der Waals surface area contributed by atoms with Gasteiger partial charge in [0.25, 0.3) is 5.91 Å². The minimum atomic E-state index is -0.163. The van der Waals surface area contributed by atoms with Crippen molar-refractivity contribution in [2.45, 2.75) is 44.9 Å². The third-order valence-electron chi connectivity index (χ3n) is 3.18. The average molecular weight is 215 g/mol. The molecular formula is C10H21N3O2. The van der Waals surface area contributed by atoms with Gasteiger partial charge in [0.1, 0.15) is 0 Å². The Bertz CT molecular complexity index is 223. The summed E-state index contributed by atoms with van der Waals surface area (Å²) in [6.45, 7) is 4.80. The second kappa shape index (κ2) is 5.44. The van der Waals surface area contributed by atoms with Gasteiger partial charge in [-0.1, -0.05) is 6.92 Å². The van der Waals surface area contributed by atoms with Gasteiger partial charge in [-0.15, -0.1) is 0 Å². The highest BCUT2D eigenvalue weighted by atomic mass is 16.5. The van der Waals surface area contributed by atoms with Crippen molar-refractivity contribution in [3.8, 4) is 0 Å². The van der Waals surface area contributed by atoms with Crippen molar-refractivity contribution in [2.75, 3.05) is 13.7 Å². The van der Waals surface area contributed by atoms with Crippen molar-refractivity contribution < 1.29 is 9.53 Å². The summed E-state index contributed by atoms with van der Waals surface area (Å²) in [5, 5.41) is 0. The van der Waals surface area contributed by atoms with E-state index in [1.54, 1.807) is 0 Å². The molecule has 1 saturated heterocycles. The summed E-state index contributed by atoms with van der Waals surface area (Å²) in [7, 11) is 1.96. The summed E-state index contributed by atoms with van der Waals surface area (Å²) in [5.41, 5.74) is 2.21. The van der Waals surface area contributed by atoms with Crippen LogP contribution in [-0.2, 0) is 9.53 Å². The normalized spacial score (nSPS) is 28.1. The summed E-state index contributed by atoms with van der Waals surface area (Å²) in [4.78, 5) is 13.6. The highest BCUT2D eigenvalue weighted by molar-refractivity contribution is 5.81.